The molecule has 2 aromatic rings. The first kappa shape index (κ1) is 13.2. The molecule has 0 spiro atoms. The number of halogens is 2. The van der Waals surface area contributed by atoms with Gasteiger partial charge in [0.2, 0.25) is 0 Å². The van der Waals surface area contributed by atoms with Crippen LogP contribution < -0.4 is 5.73 Å². The van der Waals surface area contributed by atoms with Gasteiger partial charge in [0, 0.05) is 14.2 Å². The first-order valence-electron chi connectivity index (χ1n) is 5.16. The van der Waals surface area contributed by atoms with Crippen LogP contribution in [-0.4, -0.2) is 10.2 Å². The number of nitrogens with two attached hydrogens (primary N) is 1. The van der Waals surface area contributed by atoms with Gasteiger partial charge in [-0.3, -0.25) is 0 Å². The van der Waals surface area contributed by atoms with E-state index < -0.39 is 0 Å². The van der Waals surface area contributed by atoms with Gasteiger partial charge in [0.1, 0.15) is 10.0 Å². The molecule has 0 aliphatic heterocycles. The van der Waals surface area contributed by atoms with Crippen LogP contribution in [0.3, 0.4) is 0 Å². The molecule has 0 aliphatic rings. The third-order valence-electron chi connectivity index (χ3n) is 2.36. The van der Waals surface area contributed by atoms with Crippen molar-refractivity contribution in [2.24, 2.45) is 5.73 Å². The van der Waals surface area contributed by atoms with E-state index in [1.165, 1.54) is 11.3 Å². The summed E-state index contributed by atoms with van der Waals surface area (Å²) < 4.78 is 1.11. The number of nitrogens with zero attached hydrogens (tertiary/aromatic N) is 2. The molecule has 0 saturated carbocycles. The lowest BCUT2D eigenvalue weighted by Gasteiger charge is -2.02. The van der Waals surface area contributed by atoms with Crippen LogP contribution in [0.4, 0.5) is 0 Å². The van der Waals surface area contributed by atoms with Crippen molar-refractivity contribution in [2.45, 2.75) is 19.4 Å². The van der Waals surface area contributed by atoms with Crippen molar-refractivity contribution in [3.8, 4) is 10.6 Å². The minimum atomic E-state index is -0.0295. The molecule has 90 valence electrons. The van der Waals surface area contributed by atoms with E-state index in [0.29, 0.717) is 5.02 Å². The highest BCUT2D eigenvalue weighted by Crippen LogP contribution is 2.32. The monoisotopic (exact) mass is 379 g/mol. The summed E-state index contributed by atoms with van der Waals surface area (Å²) in [5.41, 5.74) is 6.95. The van der Waals surface area contributed by atoms with Gasteiger partial charge in [0.25, 0.3) is 0 Å². The van der Waals surface area contributed by atoms with Gasteiger partial charge in [-0.1, -0.05) is 29.9 Å². The Hall–Kier alpha value is -0.240. The van der Waals surface area contributed by atoms with E-state index in [9.17, 15) is 0 Å². The molecule has 0 fully saturated rings. The summed E-state index contributed by atoms with van der Waals surface area (Å²) in [6.07, 6.45) is 0.862. The number of hydrogen-bond donors (Lipinski definition) is 1. The lowest BCUT2D eigenvalue weighted by atomic mass is 10.2. The average molecular weight is 380 g/mol. The van der Waals surface area contributed by atoms with E-state index in [2.05, 4.69) is 32.8 Å². The van der Waals surface area contributed by atoms with Crippen LogP contribution in [0, 0.1) is 3.57 Å². The molecular weight excluding hydrogens is 369 g/mol. The second kappa shape index (κ2) is 5.60. The summed E-state index contributed by atoms with van der Waals surface area (Å²) in [5.74, 6) is 0. The van der Waals surface area contributed by atoms with Gasteiger partial charge < -0.3 is 5.73 Å². The van der Waals surface area contributed by atoms with Crippen molar-refractivity contribution >= 4 is 45.5 Å². The number of aromatic nitrogens is 2. The Kier molecular flexibility index (Phi) is 4.35. The van der Waals surface area contributed by atoms with Crippen molar-refractivity contribution in [3.63, 3.8) is 0 Å². The highest BCUT2D eigenvalue weighted by atomic mass is 127. The van der Waals surface area contributed by atoms with E-state index in [4.69, 9.17) is 17.3 Å². The fraction of sp³-hybridized carbons (Fsp3) is 0.273. The van der Waals surface area contributed by atoms with E-state index in [0.717, 1.165) is 25.6 Å². The zero-order chi connectivity index (χ0) is 12.4. The molecule has 1 atom stereocenters. The minimum Gasteiger partial charge on any atom is -0.322 e. The number of hydrogen-bond acceptors (Lipinski definition) is 4. The molecule has 3 nitrogen and oxygen atoms in total. The van der Waals surface area contributed by atoms with Crippen LogP contribution in [0.15, 0.2) is 18.2 Å². The Morgan fingerprint density at radius 3 is 2.94 bits per heavy atom. The molecule has 0 aliphatic carbocycles. The summed E-state index contributed by atoms with van der Waals surface area (Å²) in [7, 11) is 0. The fourth-order valence-corrected chi connectivity index (χ4v) is 3.23. The highest BCUT2D eigenvalue weighted by Gasteiger charge is 2.13. The largest absolute Gasteiger partial charge is 0.322 e. The first-order chi connectivity index (χ1) is 8.11. The van der Waals surface area contributed by atoms with Gasteiger partial charge in [-0.2, -0.15) is 0 Å². The third kappa shape index (κ3) is 2.96. The van der Waals surface area contributed by atoms with Gasteiger partial charge >= 0.3 is 0 Å². The Labute approximate surface area is 123 Å². The maximum absolute atomic E-state index is 5.99. The van der Waals surface area contributed by atoms with Crippen molar-refractivity contribution in [2.75, 3.05) is 0 Å². The first-order valence-corrected chi connectivity index (χ1v) is 7.43. The maximum Gasteiger partial charge on any atom is 0.148 e. The minimum absolute atomic E-state index is 0.0295. The normalized spacial score (nSPS) is 12.7. The quantitative estimate of drug-likeness (QED) is 0.824. The summed E-state index contributed by atoms with van der Waals surface area (Å²) in [6.45, 7) is 2.04. The second-order valence-corrected chi connectivity index (χ2v) is 6.19. The Morgan fingerprint density at radius 2 is 2.24 bits per heavy atom. The zero-order valence-electron chi connectivity index (χ0n) is 9.15. The fourth-order valence-electron chi connectivity index (χ4n) is 1.33. The topological polar surface area (TPSA) is 51.8 Å². The lowest BCUT2D eigenvalue weighted by molar-refractivity contribution is 0.683. The van der Waals surface area contributed by atoms with Crippen LogP contribution in [0.5, 0.6) is 0 Å². The predicted molar refractivity (Wildman–Crippen MR) is 80.3 cm³/mol. The molecule has 1 aromatic heterocycles. The smallest absolute Gasteiger partial charge is 0.148 e. The molecule has 1 heterocycles. The van der Waals surface area contributed by atoms with Crippen LogP contribution in [0.1, 0.15) is 24.4 Å². The van der Waals surface area contributed by atoms with Crippen LogP contribution in [-0.2, 0) is 0 Å². The van der Waals surface area contributed by atoms with Crippen LogP contribution in [0.2, 0.25) is 5.02 Å². The van der Waals surface area contributed by atoms with E-state index >= 15 is 0 Å². The SMILES string of the molecule is CCC(N)c1nnc(-c2cc(Cl)ccc2I)s1. The predicted octanol–water partition coefficient (Wildman–Crippen LogP) is 3.87. The van der Waals surface area contributed by atoms with Crippen molar-refractivity contribution < 1.29 is 0 Å². The molecule has 0 radical (unpaired) electrons. The number of benzene rings is 1. The molecule has 2 rings (SSSR count). The van der Waals surface area contributed by atoms with Crippen molar-refractivity contribution in [1.29, 1.82) is 0 Å². The highest BCUT2D eigenvalue weighted by molar-refractivity contribution is 14.1. The second-order valence-electron chi connectivity index (χ2n) is 3.58. The van der Waals surface area contributed by atoms with Gasteiger partial charge in [-0.05, 0) is 47.2 Å². The van der Waals surface area contributed by atoms with Crippen LogP contribution >= 0.6 is 45.5 Å². The van der Waals surface area contributed by atoms with Gasteiger partial charge in [0.15, 0.2) is 0 Å². The summed E-state index contributed by atoms with van der Waals surface area (Å²) in [4.78, 5) is 0. The van der Waals surface area contributed by atoms with E-state index in [1.807, 2.05) is 25.1 Å². The molecule has 17 heavy (non-hydrogen) atoms. The van der Waals surface area contributed by atoms with Crippen molar-refractivity contribution in [3.05, 3.63) is 31.8 Å². The molecular formula is C11H11ClIN3S. The maximum atomic E-state index is 5.99. The average Bonchev–Trinajstić information content (AvgIpc) is 2.80. The number of rotatable bonds is 3. The standard InChI is InChI=1S/C11H11ClIN3S/c1-2-9(14)11-16-15-10(17-11)7-5-6(12)3-4-8(7)13/h3-5,9H,2,14H2,1H3. The zero-order valence-corrected chi connectivity index (χ0v) is 12.9. The van der Waals surface area contributed by atoms with Crippen LogP contribution in [0.25, 0.3) is 10.6 Å². The molecule has 1 aromatic carbocycles. The molecule has 0 saturated heterocycles. The summed E-state index contributed by atoms with van der Waals surface area (Å²) >= 11 is 9.79. The summed E-state index contributed by atoms with van der Waals surface area (Å²) in [5, 5.41) is 10.8. The molecule has 1 unspecified atom stereocenters. The molecule has 2 N–H and O–H groups in total. The third-order valence-corrected chi connectivity index (χ3v) is 4.62. The lowest BCUT2D eigenvalue weighted by Crippen LogP contribution is -2.07. The molecule has 0 bridgehead atoms. The van der Waals surface area contributed by atoms with E-state index in [-0.39, 0.29) is 6.04 Å². The molecule has 0 amide bonds. The Bertz CT molecular complexity index is 529. The van der Waals surface area contributed by atoms with E-state index in [1.54, 1.807) is 0 Å². The summed E-state index contributed by atoms with van der Waals surface area (Å²) in [6, 6.07) is 5.72. The molecule has 6 heteroatoms. The van der Waals surface area contributed by atoms with Gasteiger partial charge in [0.05, 0.1) is 6.04 Å². The van der Waals surface area contributed by atoms with Gasteiger partial charge in [-0.25, -0.2) is 0 Å². The van der Waals surface area contributed by atoms with Gasteiger partial charge in [-0.15, -0.1) is 10.2 Å². The Balaban J connectivity index is 2.40. The Morgan fingerprint density at radius 1 is 1.47 bits per heavy atom. The van der Waals surface area contributed by atoms with Crippen molar-refractivity contribution in [1.82, 2.24) is 10.2 Å².